The maximum Gasteiger partial charge on any atom is 0.103 e. The molecule has 0 aromatic carbocycles. The van der Waals surface area contributed by atoms with E-state index in [9.17, 15) is 0 Å². The van der Waals surface area contributed by atoms with Gasteiger partial charge in [0.25, 0.3) is 0 Å². The molecule has 1 aromatic heterocycles. The van der Waals surface area contributed by atoms with Crippen molar-refractivity contribution in [3.05, 3.63) is 17.5 Å². The topological polar surface area (TPSA) is 41.6 Å². The van der Waals surface area contributed by atoms with Crippen molar-refractivity contribution < 1.29 is 0 Å². The Morgan fingerprint density at radius 2 is 2.33 bits per heavy atom. The largest absolute Gasteiger partial charge is 0.271 e. The lowest BCUT2D eigenvalue weighted by atomic mass is 10.2. The minimum absolute atomic E-state index is 0.576. The quantitative estimate of drug-likeness (QED) is 0.690. The van der Waals surface area contributed by atoms with Gasteiger partial charge in [0, 0.05) is 18.7 Å². The van der Waals surface area contributed by atoms with Crippen LogP contribution in [0.2, 0.25) is 0 Å². The predicted octanol–water partition coefficient (Wildman–Crippen LogP) is 2.82. The van der Waals surface area contributed by atoms with E-state index in [0.29, 0.717) is 5.92 Å². The van der Waals surface area contributed by atoms with Crippen molar-refractivity contribution in [1.82, 2.24) is 9.78 Å². The lowest BCUT2D eigenvalue weighted by Gasteiger charge is -1.98. The van der Waals surface area contributed by atoms with Gasteiger partial charge in [0.2, 0.25) is 0 Å². The van der Waals surface area contributed by atoms with Gasteiger partial charge in [-0.15, -0.1) is 0 Å². The summed E-state index contributed by atoms with van der Waals surface area (Å²) in [6, 6.07) is 2.24. The van der Waals surface area contributed by atoms with E-state index < -0.39 is 0 Å². The molecule has 0 radical (unpaired) electrons. The summed E-state index contributed by atoms with van der Waals surface area (Å²) >= 11 is 0. The molecule has 1 fully saturated rings. The van der Waals surface area contributed by atoms with Crippen molar-refractivity contribution in [2.24, 2.45) is 0 Å². The summed E-state index contributed by atoms with van der Waals surface area (Å²) in [5, 5.41) is 13.5. The van der Waals surface area contributed by atoms with E-state index >= 15 is 0 Å². The van der Waals surface area contributed by atoms with Gasteiger partial charge < -0.3 is 0 Å². The highest BCUT2D eigenvalue weighted by atomic mass is 15.3. The average Bonchev–Trinajstić information content (AvgIpc) is 3.01. The smallest absolute Gasteiger partial charge is 0.103 e. The molecule has 15 heavy (non-hydrogen) atoms. The number of hydrogen-bond donors (Lipinski definition) is 0. The molecular weight excluding hydrogens is 186 g/mol. The van der Waals surface area contributed by atoms with Crippen LogP contribution in [0.1, 0.15) is 56.2 Å². The Morgan fingerprint density at radius 3 is 2.93 bits per heavy atom. The van der Waals surface area contributed by atoms with E-state index in [-0.39, 0.29) is 0 Å². The first-order chi connectivity index (χ1) is 7.35. The van der Waals surface area contributed by atoms with Gasteiger partial charge in [0.1, 0.15) is 6.07 Å². The van der Waals surface area contributed by atoms with E-state index in [2.05, 4.69) is 18.1 Å². The normalized spacial score (nSPS) is 15.2. The molecule has 3 nitrogen and oxygen atoms in total. The summed E-state index contributed by atoms with van der Waals surface area (Å²) < 4.78 is 1.95. The molecule has 1 heterocycles. The molecule has 0 unspecified atom stereocenters. The van der Waals surface area contributed by atoms with Crippen molar-refractivity contribution in [3.63, 3.8) is 0 Å². The van der Waals surface area contributed by atoms with E-state index in [0.717, 1.165) is 24.2 Å². The second kappa shape index (κ2) is 4.48. The number of nitrogens with zero attached hydrogens (tertiary/aromatic N) is 3. The van der Waals surface area contributed by atoms with Crippen molar-refractivity contribution in [1.29, 1.82) is 5.26 Å². The van der Waals surface area contributed by atoms with Gasteiger partial charge in [-0.3, -0.25) is 4.68 Å². The van der Waals surface area contributed by atoms with Crippen molar-refractivity contribution >= 4 is 0 Å². The SMILES string of the molecule is CCCCCn1cc(C#N)c(C2CC2)n1. The molecule has 0 bridgehead atoms. The van der Waals surface area contributed by atoms with Crippen LogP contribution in [0.25, 0.3) is 0 Å². The van der Waals surface area contributed by atoms with E-state index in [4.69, 9.17) is 5.26 Å². The van der Waals surface area contributed by atoms with Crippen LogP contribution in [0.4, 0.5) is 0 Å². The van der Waals surface area contributed by atoms with E-state index in [1.807, 2.05) is 10.9 Å². The van der Waals surface area contributed by atoms with Crippen LogP contribution in [0, 0.1) is 11.3 Å². The first-order valence-electron chi connectivity index (χ1n) is 5.82. The van der Waals surface area contributed by atoms with Gasteiger partial charge in [-0.1, -0.05) is 19.8 Å². The van der Waals surface area contributed by atoms with Crippen LogP contribution < -0.4 is 0 Å². The molecule has 1 aromatic rings. The fraction of sp³-hybridized carbons (Fsp3) is 0.667. The van der Waals surface area contributed by atoms with Crippen molar-refractivity contribution in [2.45, 2.75) is 51.5 Å². The summed E-state index contributed by atoms with van der Waals surface area (Å²) in [6.07, 6.45) is 7.94. The van der Waals surface area contributed by atoms with Gasteiger partial charge >= 0.3 is 0 Å². The number of rotatable bonds is 5. The second-order valence-corrected chi connectivity index (χ2v) is 4.28. The summed E-state index contributed by atoms with van der Waals surface area (Å²) in [5.74, 6) is 0.576. The Labute approximate surface area is 90.7 Å². The van der Waals surface area contributed by atoms with Crippen LogP contribution in [-0.4, -0.2) is 9.78 Å². The molecule has 3 heteroatoms. The molecule has 0 aliphatic heterocycles. The standard InChI is InChI=1S/C12H17N3/c1-2-3-4-7-15-9-11(8-13)12(14-15)10-5-6-10/h9-10H,2-7H2,1H3. The van der Waals surface area contributed by atoms with Gasteiger partial charge in [-0.2, -0.15) is 10.4 Å². The molecule has 0 saturated heterocycles. The van der Waals surface area contributed by atoms with E-state index in [1.54, 1.807) is 0 Å². The van der Waals surface area contributed by atoms with Crippen molar-refractivity contribution in [3.8, 4) is 6.07 Å². The fourth-order valence-electron chi connectivity index (χ4n) is 1.82. The first kappa shape index (κ1) is 10.2. The summed E-state index contributed by atoms with van der Waals surface area (Å²) in [6.45, 7) is 3.15. The maximum absolute atomic E-state index is 8.98. The predicted molar refractivity (Wildman–Crippen MR) is 58.4 cm³/mol. The zero-order valence-corrected chi connectivity index (χ0v) is 9.24. The average molecular weight is 203 g/mol. The molecule has 2 rings (SSSR count). The highest BCUT2D eigenvalue weighted by Crippen LogP contribution is 2.40. The number of hydrogen-bond acceptors (Lipinski definition) is 2. The third-order valence-corrected chi connectivity index (χ3v) is 2.87. The van der Waals surface area contributed by atoms with Gasteiger partial charge in [0.15, 0.2) is 0 Å². The second-order valence-electron chi connectivity index (χ2n) is 4.28. The molecule has 80 valence electrons. The van der Waals surface area contributed by atoms with Crippen LogP contribution >= 0.6 is 0 Å². The minimum atomic E-state index is 0.576. The van der Waals surface area contributed by atoms with Crippen LogP contribution in [0.5, 0.6) is 0 Å². The van der Waals surface area contributed by atoms with Crippen LogP contribution in [0.15, 0.2) is 6.20 Å². The van der Waals surface area contributed by atoms with Gasteiger partial charge in [-0.05, 0) is 19.3 Å². The van der Waals surface area contributed by atoms with Gasteiger partial charge in [0.05, 0.1) is 11.3 Å². The molecule has 0 amide bonds. The Morgan fingerprint density at radius 1 is 1.53 bits per heavy atom. The number of unbranched alkanes of at least 4 members (excludes halogenated alkanes) is 2. The first-order valence-corrected chi connectivity index (χ1v) is 5.82. The minimum Gasteiger partial charge on any atom is -0.271 e. The molecule has 1 aliphatic carbocycles. The van der Waals surface area contributed by atoms with Crippen molar-refractivity contribution in [2.75, 3.05) is 0 Å². The third kappa shape index (κ3) is 2.38. The number of aryl methyl sites for hydroxylation is 1. The van der Waals surface area contributed by atoms with Crippen LogP contribution in [-0.2, 0) is 6.54 Å². The van der Waals surface area contributed by atoms with E-state index in [1.165, 1.54) is 25.7 Å². The molecule has 0 atom stereocenters. The Bertz CT molecular complexity index is 369. The fourth-order valence-corrected chi connectivity index (χ4v) is 1.82. The third-order valence-electron chi connectivity index (χ3n) is 2.87. The van der Waals surface area contributed by atoms with Gasteiger partial charge in [-0.25, -0.2) is 0 Å². The maximum atomic E-state index is 8.98. The monoisotopic (exact) mass is 203 g/mol. The zero-order chi connectivity index (χ0) is 10.7. The Hall–Kier alpha value is -1.30. The highest BCUT2D eigenvalue weighted by Gasteiger charge is 2.29. The van der Waals surface area contributed by atoms with Crippen LogP contribution in [0.3, 0.4) is 0 Å². The molecule has 1 saturated carbocycles. The zero-order valence-electron chi connectivity index (χ0n) is 9.24. The molecule has 0 N–H and O–H groups in total. The molecular formula is C12H17N3. The number of aromatic nitrogens is 2. The lowest BCUT2D eigenvalue weighted by molar-refractivity contribution is 0.548. The molecule has 1 aliphatic rings. The summed E-state index contributed by atoms with van der Waals surface area (Å²) in [5.41, 5.74) is 1.82. The highest BCUT2D eigenvalue weighted by molar-refractivity contribution is 5.35. The summed E-state index contributed by atoms with van der Waals surface area (Å²) in [7, 11) is 0. The lowest BCUT2D eigenvalue weighted by Crippen LogP contribution is -1.99. The molecule has 0 spiro atoms. The summed E-state index contributed by atoms with van der Waals surface area (Å²) in [4.78, 5) is 0. The Balaban J connectivity index is 2.03. The number of nitriles is 1. The Kier molecular flexibility index (Phi) is 3.05.